The maximum atomic E-state index is 12.3. The summed E-state index contributed by atoms with van der Waals surface area (Å²) in [4.78, 5) is 29.5. The number of H-pyrrole nitrogens is 2. The standard InChI is InChI=1S/C18H17N3O3S/c1-10(22)12-4-2-11(3-5-12)9-19-16(23)13-6-7-14-15(8-13)20-18(25)21-17(14)24/h2-8,10,22H,9H2,1H3,(H,19,23)(H2,20,21,24,25). The normalized spacial score (nSPS) is 12.1. The molecular formula is C18H17N3O3S. The minimum Gasteiger partial charge on any atom is -0.389 e. The zero-order chi connectivity index (χ0) is 18.0. The molecule has 7 heteroatoms. The predicted octanol–water partition coefficient (Wildman–Crippen LogP) is 2.57. The van der Waals surface area contributed by atoms with Gasteiger partial charge in [0.2, 0.25) is 0 Å². The first-order chi connectivity index (χ1) is 11.9. The van der Waals surface area contributed by atoms with Crippen LogP contribution in [0.2, 0.25) is 0 Å². The zero-order valence-corrected chi connectivity index (χ0v) is 14.3. The van der Waals surface area contributed by atoms with E-state index in [1.54, 1.807) is 25.1 Å². The number of aromatic amines is 2. The smallest absolute Gasteiger partial charge is 0.259 e. The highest BCUT2D eigenvalue weighted by molar-refractivity contribution is 7.71. The monoisotopic (exact) mass is 355 g/mol. The zero-order valence-electron chi connectivity index (χ0n) is 13.5. The van der Waals surface area contributed by atoms with Crippen LogP contribution in [0.15, 0.2) is 47.3 Å². The number of hydrogen-bond acceptors (Lipinski definition) is 4. The number of carbonyl (C=O) groups is 1. The molecule has 0 fully saturated rings. The minimum atomic E-state index is -0.519. The van der Waals surface area contributed by atoms with Gasteiger partial charge in [-0.3, -0.25) is 14.6 Å². The molecule has 0 aliphatic carbocycles. The summed E-state index contributed by atoms with van der Waals surface area (Å²) in [7, 11) is 0. The molecule has 3 aromatic rings. The first kappa shape index (κ1) is 17.1. The van der Waals surface area contributed by atoms with Gasteiger partial charge < -0.3 is 15.4 Å². The van der Waals surface area contributed by atoms with E-state index in [0.29, 0.717) is 23.0 Å². The summed E-state index contributed by atoms with van der Waals surface area (Å²) in [5.41, 5.74) is 2.41. The van der Waals surface area contributed by atoms with E-state index in [-0.39, 0.29) is 16.2 Å². The van der Waals surface area contributed by atoms with Crippen molar-refractivity contribution in [1.29, 1.82) is 0 Å². The number of hydrogen-bond donors (Lipinski definition) is 4. The third kappa shape index (κ3) is 3.84. The summed E-state index contributed by atoms with van der Waals surface area (Å²) in [6, 6.07) is 12.2. The highest BCUT2D eigenvalue weighted by Crippen LogP contribution is 2.13. The van der Waals surface area contributed by atoms with Crippen LogP contribution in [0.3, 0.4) is 0 Å². The molecule has 1 amide bonds. The highest BCUT2D eigenvalue weighted by Gasteiger charge is 2.08. The number of nitrogens with one attached hydrogen (secondary N) is 3. The molecule has 3 rings (SSSR count). The molecule has 0 aliphatic heterocycles. The third-order valence-electron chi connectivity index (χ3n) is 3.92. The van der Waals surface area contributed by atoms with Crippen LogP contribution in [0.4, 0.5) is 0 Å². The molecule has 0 saturated heterocycles. The van der Waals surface area contributed by atoms with Gasteiger partial charge in [0.1, 0.15) is 0 Å². The van der Waals surface area contributed by atoms with Gasteiger partial charge in [-0.05, 0) is 48.5 Å². The number of fused-ring (bicyclic) bond motifs is 1. The van der Waals surface area contributed by atoms with Crippen molar-refractivity contribution in [3.05, 3.63) is 74.3 Å². The fourth-order valence-electron chi connectivity index (χ4n) is 2.51. The Morgan fingerprint density at radius 1 is 1.20 bits per heavy atom. The number of amides is 1. The molecule has 0 spiro atoms. The van der Waals surface area contributed by atoms with Crippen LogP contribution in [0.25, 0.3) is 10.9 Å². The van der Waals surface area contributed by atoms with E-state index >= 15 is 0 Å². The van der Waals surface area contributed by atoms with Crippen LogP contribution >= 0.6 is 12.2 Å². The quantitative estimate of drug-likeness (QED) is 0.541. The SMILES string of the molecule is CC(O)c1ccc(CNC(=O)c2ccc3c(=O)[nH]c(=S)[nH]c3c2)cc1. The van der Waals surface area contributed by atoms with Crippen molar-refractivity contribution in [2.45, 2.75) is 19.6 Å². The van der Waals surface area contributed by atoms with Crippen molar-refractivity contribution in [2.24, 2.45) is 0 Å². The van der Waals surface area contributed by atoms with E-state index < -0.39 is 6.10 Å². The maximum Gasteiger partial charge on any atom is 0.259 e. The molecule has 0 saturated carbocycles. The highest BCUT2D eigenvalue weighted by atomic mass is 32.1. The Morgan fingerprint density at radius 3 is 2.60 bits per heavy atom. The summed E-state index contributed by atoms with van der Waals surface area (Å²) < 4.78 is 0.216. The molecule has 1 atom stereocenters. The average Bonchev–Trinajstić information content (AvgIpc) is 2.59. The van der Waals surface area contributed by atoms with Crippen molar-refractivity contribution in [1.82, 2.24) is 15.3 Å². The van der Waals surface area contributed by atoms with E-state index in [4.69, 9.17) is 12.2 Å². The van der Waals surface area contributed by atoms with Crippen LogP contribution in [-0.2, 0) is 6.54 Å². The summed E-state index contributed by atoms with van der Waals surface area (Å²) in [6.45, 7) is 2.06. The van der Waals surface area contributed by atoms with Crippen molar-refractivity contribution in [3.63, 3.8) is 0 Å². The second-order valence-electron chi connectivity index (χ2n) is 5.77. The Hall–Kier alpha value is -2.77. The summed E-state index contributed by atoms with van der Waals surface area (Å²) in [5.74, 6) is -0.249. The van der Waals surface area contributed by atoms with Gasteiger partial charge in [0.15, 0.2) is 4.77 Å². The van der Waals surface area contributed by atoms with Gasteiger partial charge in [-0.25, -0.2) is 0 Å². The summed E-state index contributed by atoms with van der Waals surface area (Å²) >= 11 is 4.95. The van der Waals surface area contributed by atoms with Crippen molar-refractivity contribution < 1.29 is 9.90 Å². The van der Waals surface area contributed by atoms with E-state index in [1.165, 1.54) is 0 Å². The number of benzene rings is 2. The van der Waals surface area contributed by atoms with Crippen LogP contribution in [-0.4, -0.2) is 21.0 Å². The van der Waals surface area contributed by atoms with Crippen LogP contribution in [0, 0.1) is 4.77 Å². The predicted molar refractivity (Wildman–Crippen MR) is 98.0 cm³/mol. The molecule has 4 N–H and O–H groups in total. The molecular weight excluding hydrogens is 338 g/mol. The van der Waals surface area contributed by atoms with Gasteiger partial charge in [0.25, 0.3) is 11.5 Å². The minimum absolute atomic E-state index is 0.216. The number of carbonyl (C=O) groups excluding carboxylic acids is 1. The topological polar surface area (TPSA) is 98.0 Å². The lowest BCUT2D eigenvalue weighted by Gasteiger charge is -2.08. The van der Waals surface area contributed by atoms with Crippen LogP contribution in [0.1, 0.15) is 34.5 Å². The molecule has 6 nitrogen and oxygen atoms in total. The van der Waals surface area contributed by atoms with Gasteiger partial charge in [-0.1, -0.05) is 24.3 Å². The van der Waals surface area contributed by atoms with Crippen LogP contribution < -0.4 is 10.9 Å². The van der Waals surface area contributed by atoms with E-state index in [2.05, 4.69) is 15.3 Å². The lowest BCUT2D eigenvalue weighted by Crippen LogP contribution is -2.23. The summed E-state index contributed by atoms with van der Waals surface area (Å²) in [5, 5.41) is 12.8. The first-order valence-corrected chi connectivity index (χ1v) is 8.16. The Bertz CT molecular complexity index is 1040. The third-order valence-corrected chi connectivity index (χ3v) is 4.12. The molecule has 128 valence electrons. The van der Waals surface area contributed by atoms with Gasteiger partial charge in [0.05, 0.1) is 17.0 Å². The molecule has 0 radical (unpaired) electrons. The fraction of sp³-hybridized carbons (Fsp3) is 0.167. The second kappa shape index (κ2) is 7.00. The number of rotatable bonds is 4. The molecule has 1 aromatic heterocycles. The van der Waals surface area contributed by atoms with Crippen molar-refractivity contribution >= 4 is 29.0 Å². The molecule has 1 unspecified atom stereocenters. The first-order valence-electron chi connectivity index (χ1n) is 7.75. The number of aromatic nitrogens is 2. The lowest BCUT2D eigenvalue weighted by atomic mass is 10.1. The lowest BCUT2D eigenvalue weighted by molar-refractivity contribution is 0.0951. The molecule has 0 bridgehead atoms. The Balaban J connectivity index is 1.76. The molecule has 0 aliphatic rings. The Morgan fingerprint density at radius 2 is 1.92 bits per heavy atom. The molecule has 1 heterocycles. The van der Waals surface area contributed by atoms with Crippen molar-refractivity contribution in [2.75, 3.05) is 0 Å². The largest absolute Gasteiger partial charge is 0.389 e. The number of aliphatic hydroxyl groups excluding tert-OH is 1. The van der Waals surface area contributed by atoms with Gasteiger partial charge in [0, 0.05) is 12.1 Å². The fourth-order valence-corrected chi connectivity index (χ4v) is 2.71. The Kier molecular flexibility index (Phi) is 4.78. The van der Waals surface area contributed by atoms with E-state index in [9.17, 15) is 14.7 Å². The number of aliphatic hydroxyl groups is 1. The summed E-state index contributed by atoms with van der Waals surface area (Å²) in [6.07, 6.45) is -0.519. The van der Waals surface area contributed by atoms with Gasteiger partial charge in [-0.15, -0.1) is 0 Å². The molecule has 2 aromatic carbocycles. The maximum absolute atomic E-state index is 12.3. The van der Waals surface area contributed by atoms with Gasteiger partial charge >= 0.3 is 0 Å². The van der Waals surface area contributed by atoms with Crippen molar-refractivity contribution in [3.8, 4) is 0 Å². The average molecular weight is 355 g/mol. The Labute approximate surface area is 148 Å². The van der Waals surface area contributed by atoms with Crippen LogP contribution in [0.5, 0.6) is 0 Å². The van der Waals surface area contributed by atoms with E-state index in [1.807, 2.05) is 24.3 Å². The second-order valence-corrected chi connectivity index (χ2v) is 6.18. The van der Waals surface area contributed by atoms with Gasteiger partial charge in [-0.2, -0.15) is 0 Å². The van der Waals surface area contributed by atoms with E-state index in [0.717, 1.165) is 11.1 Å². The molecule has 25 heavy (non-hydrogen) atoms.